The summed E-state index contributed by atoms with van der Waals surface area (Å²) in [6, 6.07) is 9.16. The van der Waals surface area contributed by atoms with Crippen LogP contribution in [-0.4, -0.2) is 32.0 Å². The highest BCUT2D eigenvalue weighted by atomic mass is 32.2. The van der Waals surface area contributed by atoms with Gasteiger partial charge in [0.1, 0.15) is 17.7 Å². The van der Waals surface area contributed by atoms with Crippen molar-refractivity contribution in [1.82, 2.24) is 5.32 Å². The van der Waals surface area contributed by atoms with Crippen LogP contribution in [0.3, 0.4) is 0 Å². The molecule has 2 aromatic carbocycles. The summed E-state index contributed by atoms with van der Waals surface area (Å²) in [6.45, 7) is 0. The van der Waals surface area contributed by atoms with Crippen LogP contribution in [0.4, 0.5) is 8.78 Å². The van der Waals surface area contributed by atoms with Crippen molar-refractivity contribution in [2.75, 3.05) is 5.75 Å². The number of rotatable bonds is 8. The minimum absolute atomic E-state index is 0.0611. The molecule has 0 aliphatic heterocycles. The summed E-state index contributed by atoms with van der Waals surface area (Å²) < 4.78 is 51.0. The molecule has 0 bridgehead atoms. The Kier molecular flexibility index (Phi) is 6.62. The van der Waals surface area contributed by atoms with Crippen LogP contribution in [0.15, 0.2) is 53.4 Å². The maximum absolute atomic E-state index is 13.6. The number of primary amides is 1. The molecule has 0 aliphatic rings. The third-order valence-electron chi connectivity index (χ3n) is 3.82. The summed E-state index contributed by atoms with van der Waals surface area (Å²) in [5.74, 6) is -3.73. The number of nitrogens with two attached hydrogens (primary N) is 1. The minimum Gasteiger partial charge on any atom is -0.368 e. The summed E-state index contributed by atoms with van der Waals surface area (Å²) in [5.41, 5.74) is 5.16. The van der Waals surface area contributed by atoms with Crippen molar-refractivity contribution in [2.45, 2.75) is 23.8 Å². The van der Waals surface area contributed by atoms with E-state index in [-0.39, 0.29) is 16.9 Å². The van der Waals surface area contributed by atoms with Crippen LogP contribution in [0.25, 0.3) is 0 Å². The molecule has 3 N–H and O–H groups in total. The highest BCUT2D eigenvalue weighted by molar-refractivity contribution is 7.91. The van der Waals surface area contributed by atoms with Crippen LogP contribution in [0.2, 0.25) is 0 Å². The molecule has 2 rings (SSSR count). The lowest BCUT2D eigenvalue weighted by Gasteiger charge is -2.16. The van der Waals surface area contributed by atoms with E-state index in [1.807, 2.05) is 0 Å². The van der Waals surface area contributed by atoms with E-state index in [1.54, 1.807) is 18.2 Å². The molecule has 0 radical (unpaired) electrons. The molecule has 1 atom stereocenters. The molecule has 0 fully saturated rings. The van der Waals surface area contributed by atoms with Gasteiger partial charge in [0.25, 0.3) is 0 Å². The van der Waals surface area contributed by atoms with Crippen molar-refractivity contribution in [3.63, 3.8) is 0 Å². The van der Waals surface area contributed by atoms with Crippen LogP contribution >= 0.6 is 0 Å². The minimum atomic E-state index is -3.66. The van der Waals surface area contributed by atoms with Crippen LogP contribution in [0.5, 0.6) is 0 Å². The van der Waals surface area contributed by atoms with E-state index in [0.717, 1.165) is 12.1 Å². The van der Waals surface area contributed by atoms with Gasteiger partial charge in [-0.3, -0.25) is 9.59 Å². The van der Waals surface area contributed by atoms with Gasteiger partial charge in [-0.05, 0) is 30.2 Å². The average molecular weight is 396 g/mol. The van der Waals surface area contributed by atoms with Crippen LogP contribution in [0, 0.1) is 11.6 Å². The van der Waals surface area contributed by atoms with Crippen LogP contribution in [-0.2, 0) is 25.8 Å². The molecule has 0 heterocycles. The summed E-state index contributed by atoms with van der Waals surface area (Å²) >= 11 is 0. The van der Waals surface area contributed by atoms with E-state index in [1.165, 1.54) is 12.1 Å². The number of benzene rings is 2. The van der Waals surface area contributed by atoms with Gasteiger partial charge < -0.3 is 11.1 Å². The van der Waals surface area contributed by atoms with E-state index in [0.29, 0.717) is 6.07 Å². The molecule has 0 aromatic heterocycles. The highest BCUT2D eigenvalue weighted by Crippen LogP contribution is 2.13. The number of amides is 2. The molecular weight excluding hydrogens is 378 g/mol. The van der Waals surface area contributed by atoms with E-state index >= 15 is 0 Å². The smallest absolute Gasteiger partial charge is 0.240 e. The van der Waals surface area contributed by atoms with E-state index in [2.05, 4.69) is 5.32 Å². The molecule has 0 aliphatic carbocycles. The second-order valence-electron chi connectivity index (χ2n) is 5.86. The zero-order valence-electron chi connectivity index (χ0n) is 14.2. The Morgan fingerprint density at radius 3 is 2.33 bits per heavy atom. The molecule has 0 saturated carbocycles. The van der Waals surface area contributed by atoms with E-state index in [9.17, 15) is 26.8 Å². The fraction of sp³-hybridized carbons (Fsp3) is 0.222. The second kappa shape index (κ2) is 8.72. The van der Waals surface area contributed by atoms with Crippen molar-refractivity contribution in [2.24, 2.45) is 5.73 Å². The van der Waals surface area contributed by atoms with Gasteiger partial charge in [0.2, 0.25) is 11.8 Å². The topological polar surface area (TPSA) is 106 Å². The largest absolute Gasteiger partial charge is 0.368 e. The number of hydrogen-bond acceptors (Lipinski definition) is 4. The quantitative estimate of drug-likeness (QED) is 0.702. The van der Waals surface area contributed by atoms with Crippen molar-refractivity contribution in [3.8, 4) is 0 Å². The first-order valence-corrected chi connectivity index (χ1v) is 9.64. The standard InChI is InChI=1S/C18H18F2N2O4S/c19-13-7-6-12(15(20)11-13)10-17(23)22-16(18(21)24)8-9-27(25,26)14-4-2-1-3-5-14/h1-7,11,16H,8-10H2,(H2,21,24)(H,22,23)/t16-/m1/s1. The molecule has 9 heteroatoms. The van der Waals surface area contributed by atoms with Gasteiger partial charge in [-0.2, -0.15) is 0 Å². The normalized spacial score (nSPS) is 12.4. The molecule has 6 nitrogen and oxygen atoms in total. The highest BCUT2D eigenvalue weighted by Gasteiger charge is 2.23. The van der Waals surface area contributed by atoms with Crippen molar-refractivity contribution in [3.05, 3.63) is 65.7 Å². The summed E-state index contributed by atoms with van der Waals surface area (Å²) in [6.07, 6.45) is -0.675. The number of hydrogen-bond donors (Lipinski definition) is 2. The van der Waals surface area contributed by atoms with Gasteiger partial charge in [-0.15, -0.1) is 0 Å². The predicted molar refractivity (Wildman–Crippen MR) is 94.3 cm³/mol. The van der Waals surface area contributed by atoms with Gasteiger partial charge in [-0.1, -0.05) is 24.3 Å². The van der Waals surface area contributed by atoms with Gasteiger partial charge in [0.15, 0.2) is 9.84 Å². The fourth-order valence-corrected chi connectivity index (χ4v) is 3.74. The lowest BCUT2D eigenvalue weighted by molar-refractivity contribution is -0.127. The maximum atomic E-state index is 13.6. The van der Waals surface area contributed by atoms with Crippen molar-refractivity contribution < 1.29 is 26.8 Å². The molecule has 2 aromatic rings. The molecule has 0 saturated heterocycles. The van der Waals surface area contributed by atoms with E-state index in [4.69, 9.17) is 5.73 Å². The van der Waals surface area contributed by atoms with Gasteiger partial charge in [0.05, 0.1) is 17.1 Å². The molecule has 27 heavy (non-hydrogen) atoms. The van der Waals surface area contributed by atoms with Gasteiger partial charge >= 0.3 is 0 Å². The van der Waals surface area contributed by atoms with Gasteiger partial charge in [-0.25, -0.2) is 17.2 Å². The molecule has 2 amide bonds. The van der Waals surface area contributed by atoms with Crippen LogP contribution in [0.1, 0.15) is 12.0 Å². The molecule has 0 spiro atoms. The monoisotopic (exact) mass is 396 g/mol. The van der Waals surface area contributed by atoms with E-state index < -0.39 is 51.5 Å². The average Bonchev–Trinajstić information content (AvgIpc) is 2.61. The SMILES string of the molecule is NC(=O)[C@@H](CCS(=O)(=O)c1ccccc1)NC(=O)Cc1ccc(F)cc1F. The Hall–Kier alpha value is -2.81. The molecular formula is C18H18F2N2O4S. The third kappa shape index (κ3) is 5.85. The summed E-state index contributed by atoms with van der Waals surface area (Å²) in [5, 5.41) is 2.29. The fourth-order valence-electron chi connectivity index (χ4n) is 2.39. The Bertz CT molecular complexity index is 934. The van der Waals surface area contributed by atoms with Crippen molar-refractivity contribution >= 4 is 21.7 Å². The lowest BCUT2D eigenvalue weighted by Crippen LogP contribution is -2.46. The van der Waals surface area contributed by atoms with Crippen molar-refractivity contribution in [1.29, 1.82) is 0 Å². The Balaban J connectivity index is 2.01. The number of nitrogens with one attached hydrogen (secondary N) is 1. The predicted octanol–water partition coefficient (Wildman–Crippen LogP) is 1.34. The number of sulfone groups is 1. The van der Waals surface area contributed by atoms with Crippen LogP contribution < -0.4 is 11.1 Å². The number of halogens is 2. The molecule has 144 valence electrons. The second-order valence-corrected chi connectivity index (χ2v) is 7.96. The zero-order valence-corrected chi connectivity index (χ0v) is 15.0. The number of carbonyl (C=O) groups excluding carboxylic acids is 2. The Morgan fingerprint density at radius 1 is 1.07 bits per heavy atom. The molecule has 0 unspecified atom stereocenters. The maximum Gasteiger partial charge on any atom is 0.240 e. The summed E-state index contributed by atoms with van der Waals surface area (Å²) in [7, 11) is -3.66. The Morgan fingerprint density at radius 2 is 1.74 bits per heavy atom. The van der Waals surface area contributed by atoms with Gasteiger partial charge in [0, 0.05) is 6.07 Å². The first-order valence-electron chi connectivity index (χ1n) is 7.99. The summed E-state index contributed by atoms with van der Waals surface area (Å²) in [4.78, 5) is 23.7. The number of carbonyl (C=O) groups is 2. The Labute approximate surface area is 155 Å². The zero-order chi connectivity index (χ0) is 20.0. The lowest BCUT2D eigenvalue weighted by atomic mass is 10.1. The third-order valence-corrected chi connectivity index (χ3v) is 5.59. The first-order chi connectivity index (χ1) is 12.7. The first kappa shape index (κ1) is 20.5.